The van der Waals surface area contributed by atoms with Crippen LogP contribution in [-0.4, -0.2) is 25.4 Å². The van der Waals surface area contributed by atoms with Crippen molar-refractivity contribution in [2.75, 3.05) is 13.2 Å². The Kier molecular flexibility index (Phi) is 9.70. The van der Waals surface area contributed by atoms with Crippen molar-refractivity contribution in [1.82, 2.24) is 0 Å². The molecule has 1 aromatic heterocycles. The molecule has 1 atom stereocenters. The number of hydrogen-bond donors (Lipinski definition) is 0. The number of benzene rings is 2. The van der Waals surface area contributed by atoms with Gasteiger partial charge in [-0.1, -0.05) is 38.5 Å². The van der Waals surface area contributed by atoms with E-state index >= 15 is 0 Å². The van der Waals surface area contributed by atoms with Gasteiger partial charge >= 0.3 is 23.9 Å². The molecule has 3 aromatic rings. The van der Waals surface area contributed by atoms with Crippen LogP contribution in [0, 0.1) is 5.92 Å². The number of alkyl halides is 6. The van der Waals surface area contributed by atoms with Crippen LogP contribution in [0.5, 0.6) is 5.75 Å². The minimum atomic E-state index is -4.74. The Labute approximate surface area is 226 Å². The van der Waals surface area contributed by atoms with Gasteiger partial charge in [-0.2, -0.15) is 26.3 Å². The molecule has 0 bridgehead atoms. The fraction of sp³-hybridized carbons (Fsp3) is 0.379. The second kappa shape index (κ2) is 12.6. The summed E-state index contributed by atoms with van der Waals surface area (Å²) in [4.78, 5) is 24.2. The van der Waals surface area contributed by atoms with E-state index in [-0.39, 0.29) is 33.4 Å². The van der Waals surface area contributed by atoms with Gasteiger partial charge in [0.25, 0.3) is 0 Å². The van der Waals surface area contributed by atoms with Gasteiger partial charge in [0.05, 0.1) is 11.1 Å². The van der Waals surface area contributed by atoms with E-state index in [1.54, 1.807) is 6.07 Å². The van der Waals surface area contributed by atoms with Gasteiger partial charge in [0.1, 0.15) is 30.5 Å². The Morgan fingerprint density at radius 2 is 1.70 bits per heavy atom. The van der Waals surface area contributed by atoms with Gasteiger partial charge in [-0.3, -0.25) is 0 Å². The van der Waals surface area contributed by atoms with E-state index in [9.17, 15) is 35.9 Å². The van der Waals surface area contributed by atoms with Crippen LogP contribution in [0.25, 0.3) is 22.1 Å². The molecular formula is C29H28F6O5. The molecule has 1 heterocycles. The smallest absolute Gasteiger partial charge is 0.417 e. The van der Waals surface area contributed by atoms with Crippen molar-refractivity contribution in [2.24, 2.45) is 5.92 Å². The number of fused-ring (bicyclic) bond motifs is 1. The van der Waals surface area contributed by atoms with Crippen LogP contribution in [0.2, 0.25) is 0 Å². The fourth-order valence-electron chi connectivity index (χ4n) is 3.90. The molecule has 3 rings (SSSR count). The maximum Gasteiger partial charge on any atom is 0.417 e. The Bertz CT molecular complexity index is 1420. The van der Waals surface area contributed by atoms with Gasteiger partial charge in [-0.05, 0) is 49.6 Å². The zero-order chi connectivity index (χ0) is 29.7. The van der Waals surface area contributed by atoms with Gasteiger partial charge < -0.3 is 13.9 Å². The average Bonchev–Trinajstić information content (AvgIpc) is 2.86. The molecule has 0 fully saturated rings. The zero-order valence-corrected chi connectivity index (χ0v) is 21.9. The first kappa shape index (κ1) is 30.8. The van der Waals surface area contributed by atoms with Crippen molar-refractivity contribution < 1.29 is 45.0 Å². The molecule has 0 saturated carbocycles. The predicted octanol–water partition coefficient (Wildman–Crippen LogP) is 7.89. The highest BCUT2D eigenvalue weighted by molar-refractivity contribution is 5.87. The largest absolute Gasteiger partial charge is 0.493 e. The number of esters is 1. The third-order valence-corrected chi connectivity index (χ3v) is 6.13. The number of carbonyl (C=O) groups is 1. The number of hydrogen-bond acceptors (Lipinski definition) is 5. The van der Waals surface area contributed by atoms with Crippen molar-refractivity contribution in [2.45, 2.75) is 51.9 Å². The lowest BCUT2D eigenvalue weighted by molar-refractivity contribution is -0.196. The quantitative estimate of drug-likeness (QED) is 0.0771. The fourth-order valence-corrected chi connectivity index (χ4v) is 3.90. The summed E-state index contributed by atoms with van der Waals surface area (Å²) in [6.07, 6.45) is -6.46. The molecule has 0 amide bonds. The molecule has 0 radical (unpaired) electrons. The highest BCUT2D eigenvalue weighted by atomic mass is 19.4. The molecule has 216 valence electrons. The first-order chi connectivity index (χ1) is 18.7. The summed E-state index contributed by atoms with van der Waals surface area (Å²) in [6, 6.07) is 8.88. The van der Waals surface area contributed by atoms with E-state index < -0.39 is 48.6 Å². The molecule has 0 N–H and O–H groups in total. The maximum atomic E-state index is 13.9. The summed E-state index contributed by atoms with van der Waals surface area (Å²) in [5, 5.41) is 0.241. The topological polar surface area (TPSA) is 65.7 Å². The molecule has 0 saturated heterocycles. The van der Waals surface area contributed by atoms with Crippen molar-refractivity contribution in [3.63, 3.8) is 0 Å². The number of rotatable bonds is 11. The number of halogens is 6. The lowest BCUT2D eigenvalue weighted by Gasteiger charge is -2.20. The van der Waals surface area contributed by atoms with Crippen LogP contribution >= 0.6 is 0 Å². The van der Waals surface area contributed by atoms with Crippen LogP contribution in [0.3, 0.4) is 0 Å². The first-order valence-corrected chi connectivity index (χ1v) is 12.5. The predicted molar refractivity (Wildman–Crippen MR) is 137 cm³/mol. The summed E-state index contributed by atoms with van der Waals surface area (Å²) in [5.74, 6) is -3.21. The summed E-state index contributed by atoms with van der Waals surface area (Å²) in [6.45, 7) is 4.70. The molecule has 11 heteroatoms. The van der Waals surface area contributed by atoms with E-state index in [1.165, 1.54) is 31.2 Å². The minimum Gasteiger partial charge on any atom is -0.493 e. The molecule has 5 nitrogen and oxygen atoms in total. The molecule has 0 aliphatic rings. The number of aryl methyl sites for hydroxylation is 1. The number of ether oxygens (including phenoxy) is 2. The van der Waals surface area contributed by atoms with E-state index in [0.717, 1.165) is 31.4 Å². The van der Waals surface area contributed by atoms with E-state index in [0.29, 0.717) is 12.0 Å². The van der Waals surface area contributed by atoms with Crippen LogP contribution in [0.15, 0.2) is 63.8 Å². The summed E-state index contributed by atoms with van der Waals surface area (Å²) < 4.78 is 96.9. The van der Waals surface area contributed by atoms with Crippen LogP contribution in [0.1, 0.15) is 44.2 Å². The van der Waals surface area contributed by atoms with Crippen LogP contribution in [-0.2, 0) is 22.1 Å². The van der Waals surface area contributed by atoms with Crippen LogP contribution in [0.4, 0.5) is 26.3 Å². The number of unbranched alkanes of at least 4 members (excludes halogenated alkanes) is 2. The van der Waals surface area contributed by atoms with Crippen molar-refractivity contribution >= 4 is 16.9 Å². The molecular weight excluding hydrogens is 542 g/mol. The zero-order valence-electron chi connectivity index (χ0n) is 21.9. The van der Waals surface area contributed by atoms with Gasteiger partial charge in [-0.25, -0.2) is 9.59 Å². The molecule has 1 unspecified atom stereocenters. The van der Waals surface area contributed by atoms with E-state index in [2.05, 4.69) is 11.3 Å². The monoisotopic (exact) mass is 570 g/mol. The normalized spacial score (nSPS) is 12.8. The summed E-state index contributed by atoms with van der Waals surface area (Å²) in [5.41, 5.74) is -2.29. The second-order valence-corrected chi connectivity index (χ2v) is 9.41. The van der Waals surface area contributed by atoms with Gasteiger partial charge in [-0.15, -0.1) is 0 Å². The minimum absolute atomic E-state index is 0.0592. The average molecular weight is 571 g/mol. The Morgan fingerprint density at radius 1 is 0.975 bits per heavy atom. The SMILES string of the molecule is C=C(C)C(=O)OCC(COc1ccc2cc(-c3ccc(CCCCC)cc3C(F)(F)F)c(=O)oc2c1)C(F)(F)F. The van der Waals surface area contributed by atoms with Gasteiger partial charge in [0.2, 0.25) is 0 Å². The molecule has 0 aliphatic carbocycles. The van der Waals surface area contributed by atoms with Crippen LogP contribution < -0.4 is 10.4 Å². The second-order valence-electron chi connectivity index (χ2n) is 9.41. The third-order valence-electron chi connectivity index (χ3n) is 6.13. The lowest BCUT2D eigenvalue weighted by Crippen LogP contribution is -2.33. The lowest BCUT2D eigenvalue weighted by atomic mass is 9.95. The van der Waals surface area contributed by atoms with Gasteiger partial charge in [0, 0.05) is 22.6 Å². The summed E-state index contributed by atoms with van der Waals surface area (Å²) in [7, 11) is 0. The standard InChI is InChI=1S/C29H28F6O5/c1-4-5-6-7-18-8-11-22(24(12-18)29(33,34)35)23-13-19-9-10-21(14-25(19)40-27(23)37)38-15-20(28(30,31)32)16-39-26(36)17(2)3/h8-14,20H,2,4-7,15-16H2,1,3H3. The van der Waals surface area contributed by atoms with Crippen molar-refractivity contribution in [3.05, 3.63) is 76.2 Å². The van der Waals surface area contributed by atoms with E-state index in [1.807, 2.05) is 6.92 Å². The highest BCUT2D eigenvalue weighted by Crippen LogP contribution is 2.38. The molecule has 40 heavy (non-hydrogen) atoms. The van der Waals surface area contributed by atoms with Crippen molar-refractivity contribution in [1.29, 1.82) is 0 Å². The van der Waals surface area contributed by atoms with E-state index in [4.69, 9.17) is 9.15 Å². The summed E-state index contributed by atoms with van der Waals surface area (Å²) >= 11 is 0. The number of carbonyl (C=O) groups excluding carboxylic acids is 1. The molecule has 0 aliphatic heterocycles. The van der Waals surface area contributed by atoms with Crippen molar-refractivity contribution in [3.8, 4) is 16.9 Å². The third kappa shape index (κ3) is 7.89. The molecule has 2 aromatic carbocycles. The Morgan fingerprint density at radius 3 is 2.33 bits per heavy atom. The Hall–Kier alpha value is -3.76. The van der Waals surface area contributed by atoms with Gasteiger partial charge in [0.15, 0.2) is 0 Å². The Balaban J connectivity index is 1.87. The highest BCUT2D eigenvalue weighted by Gasteiger charge is 2.41. The maximum absolute atomic E-state index is 13.9. The molecule has 0 spiro atoms. The first-order valence-electron chi connectivity index (χ1n) is 12.5.